The summed E-state index contributed by atoms with van der Waals surface area (Å²) in [7, 11) is 0. The quantitative estimate of drug-likeness (QED) is 0.154. The molecule has 61 heavy (non-hydrogen) atoms. The molecule has 0 aliphatic carbocycles. The summed E-state index contributed by atoms with van der Waals surface area (Å²) in [5.74, 6) is 0.702. The first-order valence-electron chi connectivity index (χ1n) is 20.5. The standard InChI is InChI=1S/C57H37N3S/c1-5-15-38(16-6-1)39-25-31-42(32-26-39)50-37-51(60-57(59-50)47-21-11-4-12-22-47)43-33-27-40(28-34-43)41-29-35-45(36-30-41)54-53-52(44-17-7-2-8-18-44)55(46-19-9-3-10-20-46)61-56(53)48-23-13-14-24-49(48)58-54/h1-37H. The zero-order chi connectivity index (χ0) is 40.5. The lowest BCUT2D eigenvalue weighted by atomic mass is 9.94. The Morgan fingerprint density at radius 1 is 0.311 bits per heavy atom. The number of hydrogen-bond acceptors (Lipinski definition) is 4. The van der Waals surface area contributed by atoms with Crippen molar-refractivity contribution in [1.29, 1.82) is 0 Å². The summed E-state index contributed by atoms with van der Waals surface area (Å²) in [6.07, 6.45) is 0. The third kappa shape index (κ3) is 6.99. The highest BCUT2D eigenvalue weighted by Crippen LogP contribution is 2.50. The summed E-state index contributed by atoms with van der Waals surface area (Å²) in [4.78, 5) is 16.8. The van der Waals surface area contributed by atoms with Crippen LogP contribution < -0.4 is 0 Å². The van der Waals surface area contributed by atoms with Crippen molar-refractivity contribution in [3.63, 3.8) is 0 Å². The third-order valence-corrected chi connectivity index (χ3v) is 12.6. The Balaban J connectivity index is 0.963. The molecule has 0 atom stereocenters. The van der Waals surface area contributed by atoms with Crippen molar-refractivity contribution in [2.45, 2.75) is 0 Å². The number of hydrogen-bond donors (Lipinski definition) is 0. The number of pyridine rings is 1. The van der Waals surface area contributed by atoms with E-state index < -0.39 is 0 Å². The van der Waals surface area contributed by atoms with Gasteiger partial charge in [-0.1, -0.05) is 212 Å². The Labute approximate surface area is 359 Å². The van der Waals surface area contributed by atoms with Crippen molar-refractivity contribution in [2.24, 2.45) is 0 Å². The summed E-state index contributed by atoms with van der Waals surface area (Å²) in [6.45, 7) is 0. The van der Waals surface area contributed by atoms with Gasteiger partial charge >= 0.3 is 0 Å². The van der Waals surface area contributed by atoms with Crippen molar-refractivity contribution >= 4 is 32.3 Å². The van der Waals surface area contributed by atoms with Crippen LogP contribution in [0.2, 0.25) is 0 Å². The summed E-state index contributed by atoms with van der Waals surface area (Å²) in [5, 5.41) is 2.37. The van der Waals surface area contributed by atoms with Gasteiger partial charge in [0.05, 0.1) is 22.6 Å². The van der Waals surface area contributed by atoms with Crippen LogP contribution >= 0.6 is 11.3 Å². The highest BCUT2D eigenvalue weighted by Gasteiger charge is 2.22. The van der Waals surface area contributed by atoms with Gasteiger partial charge in [-0.05, 0) is 45.5 Å². The molecule has 0 saturated heterocycles. The van der Waals surface area contributed by atoms with Crippen molar-refractivity contribution in [1.82, 2.24) is 15.0 Å². The number of fused-ring (bicyclic) bond motifs is 3. The molecule has 0 bridgehead atoms. The lowest BCUT2D eigenvalue weighted by Gasteiger charge is -2.12. The van der Waals surface area contributed by atoms with Crippen LogP contribution in [0, 0.1) is 0 Å². The van der Waals surface area contributed by atoms with Crippen LogP contribution in [0.25, 0.3) is 110 Å². The molecule has 0 fully saturated rings. The van der Waals surface area contributed by atoms with Gasteiger partial charge in [-0.25, -0.2) is 15.0 Å². The van der Waals surface area contributed by atoms with Gasteiger partial charge in [-0.2, -0.15) is 0 Å². The lowest BCUT2D eigenvalue weighted by Crippen LogP contribution is -1.96. The van der Waals surface area contributed by atoms with Gasteiger partial charge in [0.15, 0.2) is 5.82 Å². The maximum atomic E-state index is 5.38. The second kappa shape index (κ2) is 15.8. The number of thiophene rings is 1. The molecule has 0 radical (unpaired) electrons. The van der Waals surface area contributed by atoms with Crippen LogP contribution in [0.3, 0.4) is 0 Å². The Morgan fingerprint density at radius 3 is 1.26 bits per heavy atom. The van der Waals surface area contributed by atoms with Crippen LogP contribution in [0.5, 0.6) is 0 Å². The van der Waals surface area contributed by atoms with Crippen LogP contribution in [0.15, 0.2) is 224 Å². The molecule has 3 aromatic heterocycles. The van der Waals surface area contributed by atoms with Gasteiger partial charge in [-0.15, -0.1) is 11.3 Å². The zero-order valence-electron chi connectivity index (χ0n) is 33.1. The smallest absolute Gasteiger partial charge is 0.160 e. The maximum absolute atomic E-state index is 5.38. The molecule has 0 amide bonds. The van der Waals surface area contributed by atoms with E-state index in [0.29, 0.717) is 5.82 Å². The Kier molecular flexibility index (Phi) is 9.38. The van der Waals surface area contributed by atoms with E-state index in [9.17, 15) is 0 Å². The van der Waals surface area contributed by atoms with E-state index in [2.05, 4.69) is 200 Å². The number of aromatic nitrogens is 3. The molecule has 3 heterocycles. The second-order valence-corrected chi connectivity index (χ2v) is 16.2. The fourth-order valence-electron chi connectivity index (χ4n) is 8.25. The fraction of sp³-hybridized carbons (Fsp3) is 0. The molecule has 0 spiro atoms. The van der Waals surface area contributed by atoms with Crippen molar-refractivity contribution in [2.75, 3.05) is 0 Å². The molecule has 0 aliphatic heterocycles. The molecule has 8 aromatic carbocycles. The van der Waals surface area contributed by atoms with Gasteiger partial charge < -0.3 is 0 Å². The summed E-state index contributed by atoms with van der Waals surface area (Å²) in [5.41, 5.74) is 16.2. The SMILES string of the molecule is c1ccc(-c2ccc(-c3cc(-c4ccc(-c5ccc(-c6nc7ccccc7c7sc(-c8ccccc8)c(-c8ccccc8)c67)cc5)cc4)nc(-c4ccccc4)n3)cc2)cc1. The van der Waals surface area contributed by atoms with E-state index in [1.165, 1.54) is 48.2 Å². The minimum Gasteiger partial charge on any atom is -0.247 e. The summed E-state index contributed by atoms with van der Waals surface area (Å²) >= 11 is 1.86. The average molecular weight is 796 g/mol. The maximum Gasteiger partial charge on any atom is 0.160 e. The van der Waals surface area contributed by atoms with E-state index in [4.69, 9.17) is 15.0 Å². The van der Waals surface area contributed by atoms with Gasteiger partial charge in [-0.3, -0.25) is 0 Å². The molecule has 11 rings (SSSR count). The second-order valence-electron chi connectivity index (χ2n) is 15.1. The molecule has 0 unspecified atom stereocenters. The van der Waals surface area contributed by atoms with Crippen LogP contribution in [0.4, 0.5) is 0 Å². The lowest BCUT2D eigenvalue weighted by molar-refractivity contribution is 1.18. The van der Waals surface area contributed by atoms with Crippen molar-refractivity contribution in [3.8, 4) is 89.0 Å². The molecule has 4 heteroatoms. The van der Waals surface area contributed by atoms with Gasteiger partial charge in [0.25, 0.3) is 0 Å². The molecule has 3 nitrogen and oxygen atoms in total. The highest BCUT2D eigenvalue weighted by atomic mass is 32.1. The van der Waals surface area contributed by atoms with E-state index in [1.54, 1.807) is 0 Å². The Bertz CT molecular complexity index is 3290. The highest BCUT2D eigenvalue weighted by molar-refractivity contribution is 7.24. The molecular weight excluding hydrogens is 759 g/mol. The predicted molar refractivity (Wildman–Crippen MR) is 256 cm³/mol. The first-order chi connectivity index (χ1) is 30.2. The third-order valence-electron chi connectivity index (χ3n) is 11.3. The van der Waals surface area contributed by atoms with E-state index in [1.807, 2.05) is 35.6 Å². The first kappa shape index (κ1) is 36.3. The molecule has 0 aliphatic rings. The number of benzene rings is 8. The number of para-hydroxylation sites is 1. The summed E-state index contributed by atoms with van der Waals surface area (Å²) in [6, 6.07) is 79.0. The number of rotatable bonds is 8. The van der Waals surface area contributed by atoms with Gasteiger partial charge in [0, 0.05) is 48.2 Å². The minimum atomic E-state index is 0.702. The predicted octanol–water partition coefficient (Wildman–Crippen LogP) is 15.6. The molecule has 286 valence electrons. The Hall–Kier alpha value is -7.79. The normalized spacial score (nSPS) is 11.3. The van der Waals surface area contributed by atoms with E-state index in [0.717, 1.165) is 56.0 Å². The van der Waals surface area contributed by atoms with Gasteiger partial charge in [0.2, 0.25) is 0 Å². The monoisotopic (exact) mass is 795 g/mol. The van der Waals surface area contributed by atoms with Crippen LogP contribution in [-0.4, -0.2) is 15.0 Å². The number of nitrogens with zero attached hydrogens (tertiary/aromatic N) is 3. The van der Waals surface area contributed by atoms with Crippen LogP contribution in [0.1, 0.15) is 0 Å². The minimum absolute atomic E-state index is 0.702. The first-order valence-corrected chi connectivity index (χ1v) is 21.3. The summed E-state index contributed by atoms with van der Waals surface area (Å²) < 4.78 is 1.26. The fourth-order valence-corrected chi connectivity index (χ4v) is 9.61. The zero-order valence-corrected chi connectivity index (χ0v) is 33.9. The van der Waals surface area contributed by atoms with Gasteiger partial charge in [0.1, 0.15) is 0 Å². The molecular formula is C57H37N3S. The van der Waals surface area contributed by atoms with E-state index >= 15 is 0 Å². The average Bonchev–Trinajstić information content (AvgIpc) is 3.76. The molecule has 0 N–H and O–H groups in total. The van der Waals surface area contributed by atoms with Crippen molar-refractivity contribution in [3.05, 3.63) is 224 Å². The molecule has 11 aromatic rings. The van der Waals surface area contributed by atoms with Crippen LogP contribution in [-0.2, 0) is 0 Å². The van der Waals surface area contributed by atoms with Crippen molar-refractivity contribution < 1.29 is 0 Å². The van der Waals surface area contributed by atoms with E-state index in [-0.39, 0.29) is 0 Å². The topological polar surface area (TPSA) is 38.7 Å². The Morgan fingerprint density at radius 2 is 0.721 bits per heavy atom. The largest absolute Gasteiger partial charge is 0.247 e. The molecule has 0 saturated carbocycles.